The average molecular weight is 1710 g/mol. The van der Waals surface area contributed by atoms with E-state index < -0.39 is 0 Å². The molecule has 0 aromatic heterocycles. The highest BCUT2D eigenvalue weighted by Crippen LogP contribution is 2.17. The van der Waals surface area contributed by atoms with E-state index in [1.165, 1.54) is 141 Å². The predicted molar refractivity (Wildman–Crippen MR) is 509 cm³/mol. The summed E-state index contributed by atoms with van der Waals surface area (Å²) in [6.45, 7) is 37.8. The van der Waals surface area contributed by atoms with Crippen LogP contribution in [-0.2, 0) is 0 Å². The summed E-state index contributed by atoms with van der Waals surface area (Å²) >= 11 is 0. The van der Waals surface area contributed by atoms with Crippen molar-refractivity contribution >= 4 is 0 Å². The lowest BCUT2D eigenvalue weighted by Crippen LogP contribution is -2.40. The van der Waals surface area contributed by atoms with Gasteiger partial charge in [0.25, 0.3) is 0 Å². The van der Waals surface area contributed by atoms with E-state index >= 15 is 0 Å². The number of unbranched alkanes of at least 4 members (excludes halogenated alkanes) is 22. The Kier molecular flexibility index (Phi) is 104. The van der Waals surface area contributed by atoms with Gasteiger partial charge in [-0.3, -0.25) is 19.6 Å². The summed E-state index contributed by atoms with van der Waals surface area (Å²) in [6.07, 6.45) is 51.3. The highest BCUT2D eigenvalue weighted by atomic mass is 16.3. The summed E-state index contributed by atoms with van der Waals surface area (Å²) in [5, 5.41) is 127. The van der Waals surface area contributed by atoms with E-state index in [1.54, 1.807) is 0 Å². The van der Waals surface area contributed by atoms with Crippen LogP contribution >= 0.6 is 0 Å². The van der Waals surface area contributed by atoms with Crippen LogP contribution in [0.3, 0.4) is 0 Å². The van der Waals surface area contributed by atoms with Gasteiger partial charge >= 0.3 is 0 Å². The van der Waals surface area contributed by atoms with E-state index in [4.69, 9.17) is 15.3 Å². The average Bonchev–Trinajstić information content (AvgIpc) is 0.950. The van der Waals surface area contributed by atoms with Crippen LogP contribution in [0.2, 0.25) is 0 Å². The Morgan fingerprint density at radius 3 is 0.555 bits per heavy atom. The maximum absolute atomic E-state index is 10.4. The number of rotatable bonds is 85. The molecule has 0 aromatic carbocycles. The number of aliphatic hydroxyl groups is 13. The Labute approximate surface area is 738 Å². The van der Waals surface area contributed by atoms with Gasteiger partial charge in [0.05, 0.1) is 74.3 Å². The first kappa shape index (κ1) is 127. The minimum absolute atomic E-state index is 0.0914. The van der Waals surface area contributed by atoms with Crippen LogP contribution in [0, 0.1) is 0 Å². The van der Waals surface area contributed by atoms with Gasteiger partial charge in [0.1, 0.15) is 0 Å². The summed E-state index contributed by atoms with van der Waals surface area (Å²) < 4.78 is 0. The van der Waals surface area contributed by atoms with Crippen molar-refractivity contribution < 1.29 is 66.4 Å². The molecule has 0 aliphatic rings. The zero-order valence-electron chi connectivity index (χ0n) is 81.8. The molecule has 10 atom stereocenters. The Morgan fingerprint density at radius 2 is 0.345 bits per heavy atom. The zero-order valence-corrected chi connectivity index (χ0v) is 81.8. The summed E-state index contributed by atoms with van der Waals surface area (Å²) in [4.78, 5) is 19.5. The molecule has 10 unspecified atom stereocenters. The van der Waals surface area contributed by atoms with E-state index in [-0.39, 0.29) is 80.9 Å². The Hall–Kier alpha value is -0.880. The highest BCUT2D eigenvalue weighted by molar-refractivity contribution is 4.75. The van der Waals surface area contributed by atoms with Crippen LogP contribution in [0.1, 0.15) is 371 Å². The second kappa shape index (κ2) is 97.7. The molecule has 0 bridgehead atoms. The van der Waals surface area contributed by atoms with Gasteiger partial charge < -0.3 is 90.9 Å². The molecule has 119 heavy (non-hydrogen) atoms. The molecule has 0 amide bonds. The van der Waals surface area contributed by atoms with Gasteiger partial charge in [0, 0.05) is 91.7 Å². The van der Waals surface area contributed by atoms with Crippen molar-refractivity contribution in [2.75, 3.05) is 200 Å². The maximum atomic E-state index is 10.4. The predicted octanol–water partition coefficient (Wildman–Crippen LogP) is 14.5. The molecule has 0 aliphatic heterocycles. The third kappa shape index (κ3) is 99.1. The summed E-state index contributed by atoms with van der Waals surface area (Å²) in [5.74, 6) is 0. The summed E-state index contributed by atoms with van der Waals surface area (Å²) in [6, 6.07) is 0. The fourth-order valence-corrected chi connectivity index (χ4v) is 15.6. The molecule has 13 N–H and O–H groups in total. The molecule has 22 nitrogen and oxygen atoms in total. The Balaban J connectivity index is -0.000000478. The van der Waals surface area contributed by atoms with Gasteiger partial charge in [-0.1, -0.05) is 275 Å². The minimum atomic E-state index is -0.347. The molecule has 724 valence electrons. The Morgan fingerprint density at radius 1 is 0.160 bits per heavy atom. The van der Waals surface area contributed by atoms with E-state index in [2.05, 4.69) is 137 Å². The van der Waals surface area contributed by atoms with Crippen molar-refractivity contribution in [1.82, 2.24) is 44.1 Å². The topological polar surface area (TPSA) is 292 Å². The SMILES string of the molecule is CCCC(O)CN(C)CCCN(C)CC(O)CCC.CCCC(O)CN(CCCN(C)C)CC(O)CCC.CCCC(O)CN(CCCN(CCO)CCO)CC(O)CCC.CCCC(O)CN(CCCO)CC(O)CCC.CCCCCCCCCCCCCCC(O)CN(C)CCCN(C)CC(O)CCCCCCCCCCCCCC. The summed E-state index contributed by atoms with van der Waals surface area (Å²) in [5.41, 5.74) is 0. The van der Waals surface area contributed by atoms with Gasteiger partial charge in [-0.15, -0.1) is 0 Å². The smallest absolute Gasteiger partial charge is 0.0667 e. The normalized spacial score (nSPS) is 14.5. The van der Waals surface area contributed by atoms with Crippen molar-refractivity contribution in [3.05, 3.63) is 0 Å². The number of likely N-dealkylation sites (N-methyl/N-ethyl adjacent to an activating group) is 4. The molecule has 0 heterocycles. The van der Waals surface area contributed by atoms with Crippen LogP contribution in [-0.4, -0.2) is 371 Å². The molecule has 0 rings (SSSR count). The second-order valence-corrected chi connectivity index (χ2v) is 36.1. The van der Waals surface area contributed by atoms with Crippen LogP contribution in [0.4, 0.5) is 0 Å². The molecular formula is C97H213N9O13. The molecule has 22 heteroatoms. The molecule has 0 radical (unpaired) electrons. The fraction of sp³-hybridized carbons (Fsp3) is 1.00. The third-order valence-electron chi connectivity index (χ3n) is 22.3. The van der Waals surface area contributed by atoms with Gasteiger partial charge in [-0.2, -0.15) is 0 Å². The first-order chi connectivity index (χ1) is 57.2. The molecule has 0 spiro atoms. The standard InChI is InChI=1S/C37H78N2O2.C17H38N2O4.2C15H34N2O2.C13H29NO3/c1-5-7-9-11-13-15-17-19-21-23-25-27-30-36(40)34-38(3)32-29-33-39(4)35-37(41)31-28-26-24-22-20-18-16-14-12-10-8-6-2;1-3-6-16(22)14-19(15-17(23)7-4-2)9-5-8-18(10-12-20)11-13-21;1-5-8-14(18)12-16(3)10-7-11-17(4)13-15(19)9-6-2;1-5-8-14(18)12-17(11-7-10-16(3)4)13-15(19)9-6-2;1-3-6-12(16)10-14(8-5-9-15)11-13(17)7-4-2/h36-37,40-41H,5-35H2,1-4H3;16-17,20-23H,3-15H2,1-2H3;2*14-15,18-19H,5-13H2,1-4H3;12-13,15-17H,3-11H2,1-2H3. The van der Waals surface area contributed by atoms with E-state index in [9.17, 15) is 51.1 Å². The number of hydrogen-bond acceptors (Lipinski definition) is 22. The minimum Gasteiger partial charge on any atom is -0.396 e. The van der Waals surface area contributed by atoms with Crippen molar-refractivity contribution in [2.24, 2.45) is 0 Å². The number of aliphatic hydroxyl groups excluding tert-OH is 13. The number of hydrogen-bond donors (Lipinski definition) is 13. The maximum Gasteiger partial charge on any atom is 0.0667 e. The number of nitrogens with zero attached hydrogens (tertiary/aromatic N) is 9. The van der Waals surface area contributed by atoms with Crippen molar-refractivity contribution in [2.45, 2.75) is 432 Å². The van der Waals surface area contributed by atoms with Crippen LogP contribution in [0.25, 0.3) is 0 Å². The molecule has 0 saturated carbocycles. The first-order valence-electron chi connectivity index (χ1n) is 50.1. The lowest BCUT2D eigenvalue weighted by Gasteiger charge is -2.28. The monoisotopic (exact) mass is 1710 g/mol. The van der Waals surface area contributed by atoms with E-state index in [0.29, 0.717) is 58.8 Å². The van der Waals surface area contributed by atoms with Crippen molar-refractivity contribution in [3.8, 4) is 0 Å². The molecular weight excluding hydrogens is 1500 g/mol. The molecule has 0 saturated heterocycles. The summed E-state index contributed by atoms with van der Waals surface area (Å²) in [7, 11) is 12.5. The quantitative estimate of drug-likeness (QED) is 0.0252. The lowest BCUT2D eigenvalue weighted by atomic mass is 10.0. The van der Waals surface area contributed by atoms with Gasteiger partial charge in [0.2, 0.25) is 0 Å². The fourth-order valence-electron chi connectivity index (χ4n) is 15.6. The first-order valence-corrected chi connectivity index (χ1v) is 50.1. The van der Waals surface area contributed by atoms with Crippen LogP contribution in [0.5, 0.6) is 0 Å². The lowest BCUT2D eigenvalue weighted by molar-refractivity contribution is 0.0584. The van der Waals surface area contributed by atoms with Crippen molar-refractivity contribution in [1.29, 1.82) is 0 Å². The largest absolute Gasteiger partial charge is 0.396 e. The van der Waals surface area contributed by atoms with Crippen LogP contribution < -0.4 is 0 Å². The van der Waals surface area contributed by atoms with Gasteiger partial charge in [0.15, 0.2) is 0 Å². The molecule has 0 aliphatic carbocycles. The molecule has 0 aromatic rings. The Bertz CT molecular complexity index is 1780. The van der Waals surface area contributed by atoms with Gasteiger partial charge in [-0.25, -0.2) is 0 Å². The third-order valence-corrected chi connectivity index (χ3v) is 22.3. The van der Waals surface area contributed by atoms with E-state index in [1.807, 2.05) is 18.7 Å². The van der Waals surface area contributed by atoms with Crippen LogP contribution in [0.15, 0.2) is 0 Å². The second-order valence-electron chi connectivity index (χ2n) is 36.1. The van der Waals surface area contributed by atoms with Crippen molar-refractivity contribution in [3.63, 3.8) is 0 Å². The molecule has 0 fully saturated rings. The van der Waals surface area contributed by atoms with Gasteiger partial charge in [-0.05, 0) is 191 Å². The highest BCUT2D eigenvalue weighted by Gasteiger charge is 2.20. The van der Waals surface area contributed by atoms with E-state index in [0.717, 1.165) is 239 Å². The zero-order chi connectivity index (χ0) is 90.2.